The van der Waals surface area contributed by atoms with Gasteiger partial charge in [-0.25, -0.2) is 0 Å². The number of rotatable bonds is 4. The smallest absolute Gasteiger partial charge is 0.223 e. The van der Waals surface area contributed by atoms with Gasteiger partial charge < -0.3 is 5.73 Å². The minimum atomic E-state index is -0.150. The average Bonchev–Trinajstić information content (AvgIpc) is 1.94. The molecule has 1 rings (SSSR count). The number of primary amides is 1. The highest BCUT2D eigenvalue weighted by Crippen LogP contribution is 2.50. The van der Waals surface area contributed by atoms with Crippen molar-refractivity contribution in [3.63, 3.8) is 0 Å². The second kappa shape index (κ2) is 3.69. The van der Waals surface area contributed by atoms with Gasteiger partial charge in [-0.3, -0.25) is 4.79 Å². The summed E-state index contributed by atoms with van der Waals surface area (Å²) in [7, 11) is 0. The van der Waals surface area contributed by atoms with E-state index in [2.05, 4.69) is 20.8 Å². The molecule has 0 radical (unpaired) electrons. The van der Waals surface area contributed by atoms with Crippen LogP contribution in [-0.4, -0.2) is 5.91 Å². The molecule has 76 valence electrons. The maximum absolute atomic E-state index is 11.4. The molecule has 0 bridgehead atoms. The molecule has 0 heterocycles. The van der Waals surface area contributed by atoms with Crippen LogP contribution in [0.25, 0.3) is 0 Å². The predicted molar refractivity (Wildman–Crippen MR) is 54.1 cm³/mol. The molecule has 2 heteroatoms. The van der Waals surface area contributed by atoms with Crippen molar-refractivity contribution in [2.45, 2.75) is 46.5 Å². The molecule has 1 fully saturated rings. The first-order valence-electron chi connectivity index (χ1n) is 5.34. The van der Waals surface area contributed by atoms with E-state index in [1.54, 1.807) is 0 Å². The Bertz CT molecular complexity index is 194. The van der Waals surface area contributed by atoms with Gasteiger partial charge in [-0.2, -0.15) is 0 Å². The van der Waals surface area contributed by atoms with Gasteiger partial charge in [-0.1, -0.05) is 33.6 Å². The zero-order chi connectivity index (χ0) is 10.1. The fraction of sp³-hybridized carbons (Fsp3) is 0.909. The molecule has 0 saturated heterocycles. The van der Waals surface area contributed by atoms with Gasteiger partial charge in [0.1, 0.15) is 0 Å². The third-order valence-electron chi connectivity index (χ3n) is 3.69. The van der Waals surface area contributed by atoms with Crippen LogP contribution >= 0.6 is 0 Å². The first-order chi connectivity index (χ1) is 6.04. The van der Waals surface area contributed by atoms with E-state index in [9.17, 15) is 4.79 Å². The number of carbonyl (C=O) groups excluding carboxylic acids is 1. The Kier molecular flexibility index (Phi) is 2.99. The molecular weight excluding hydrogens is 162 g/mol. The molecule has 2 N–H and O–H groups in total. The molecule has 13 heavy (non-hydrogen) atoms. The molecule has 1 aliphatic carbocycles. The van der Waals surface area contributed by atoms with Crippen LogP contribution < -0.4 is 5.73 Å². The van der Waals surface area contributed by atoms with E-state index in [1.807, 2.05) is 0 Å². The monoisotopic (exact) mass is 183 g/mol. The Balaban J connectivity index is 2.79. The van der Waals surface area contributed by atoms with Crippen molar-refractivity contribution in [2.24, 2.45) is 23.0 Å². The Hall–Kier alpha value is -0.530. The lowest BCUT2D eigenvalue weighted by molar-refractivity contribution is -0.139. The van der Waals surface area contributed by atoms with Crippen molar-refractivity contribution in [3.8, 4) is 0 Å². The number of hydrogen-bond donors (Lipinski definition) is 1. The van der Waals surface area contributed by atoms with Gasteiger partial charge in [0, 0.05) is 0 Å². The lowest BCUT2D eigenvalue weighted by Crippen LogP contribution is -2.49. The standard InChI is InChI=1S/C11H21NO/c1-4-9(8(2)3)11(10(12)13)6-5-7-11/h8-9H,4-7H2,1-3H3,(H2,12,13). The molecule has 1 unspecified atom stereocenters. The highest BCUT2D eigenvalue weighted by Gasteiger charge is 2.48. The van der Waals surface area contributed by atoms with Crippen LogP contribution in [0.5, 0.6) is 0 Å². The van der Waals surface area contributed by atoms with Crippen LogP contribution in [0.1, 0.15) is 46.5 Å². The summed E-state index contributed by atoms with van der Waals surface area (Å²) in [5.41, 5.74) is 5.36. The Morgan fingerprint density at radius 3 is 2.08 bits per heavy atom. The average molecular weight is 183 g/mol. The summed E-state index contributed by atoms with van der Waals surface area (Å²) in [6.07, 6.45) is 4.27. The zero-order valence-electron chi connectivity index (χ0n) is 8.97. The van der Waals surface area contributed by atoms with Gasteiger partial charge in [-0.15, -0.1) is 0 Å². The van der Waals surface area contributed by atoms with E-state index in [4.69, 9.17) is 5.73 Å². The number of nitrogens with two attached hydrogens (primary N) is 1. The largest absolute Gasteiger partial charge is 0.369 e. The van der Waals surface area contributed by atoms with Gasteiger partial charge in [-0.05, 0) is 24.7 Å². The van der Waals surface area contributed by atoms with Crippen LogP contribution in [0, 0.1) is 17.3 Å². The summed E-state index contributed by atoms with van der Waals surface area (Å²) < 4.78 is 0. The van der Waals surface area contributed by atoms with Crippen LogP contribution in [0.15, 0.2) is 0 Å². The summed E-state index contributed by atoms with van der Waals surface area (Å²) in [6.45, 7) is 6.54. The highest BCUT2D eigenvalue weighted by molar-refractivity contribution is 5.82. The number of carbonyl (C=O) groups is 1. The third kappa shape index (κ3) is 1.59. The fourth-order valence-electron chi connectivity index (χ4n) is 2.86. The lowest BCUT2D eigenvalue weighted by atomic mass is 9.57. The van der Waals surface area contributed by atoms with Gasteiger partial charge >= 0.3 is 0 Å². The molecule has 0 spiro atoms. The van der Waals surface area contributed by atoms with Gasteiger partial charge in [0.25, 0.3) is 0 Å². The quantitative estimate of drug-likeness (QED) is 0.714. The first-order valence-corrected chi connectivity index (χ1v) is 5.34. The van der Waals surface area contributed by atoms with Crippen LogP contribution in [0.4, 0.5) is 0 Å². The third-order valence-corrected chi connectivity index (χ3v) is 3.69. The van der Waals surface area contributed by atoms with Crippen molar-refractivity contribution >= 4 is 5.91 Å². The maximum atomic E-state index is 11.4. The van der Waals surface area contributed by atoms with Crippen molar-refractivity contribution in [1.29, 1.82) is 0 Å². The van der Waals surface area contributed by atoms with Crippen LogP contribution in [0.2, 0.25) is 0 Å². The Morgan fingerprint density at radius 2 is 2.00 bits per heavy atom. The zero-order valence-corrected chi connectivity index (χ0v) is 8.97. The van der Waals surface area contributed by atoms with E-state index in [0.717, 1.165) is 19.3 Å². The van der Waals surface area contributed by atoms with Gasteiger partial charge in [0.2, 0.25) is 5.91 Å². The first kappa shape index (κ1) is 10.6. The second-order valence-electron chi connectivity index (χ2n) is 4.63. The van der Waals surface area contributed by atoms with Crippen molar-refractivity contribution < 1.29 is 4.79 Å². The number of hydrogen-bond acceptors (Lipinski definition) is 1. The van der Waals surface area contributed by atoms with Crippen molar-refractivity contribution in [2.75, 3.05) is 0 Å². The summed E-state index contributed by atoms with van der Waals surface area (Å²) >= 11 is 0. The van der Waals surface area contributed by atoms with Gasteiger partial charge in [0.05, 0.1) is 5.41 Å². The summed E-state index contributed by atoms with van der Waals surface area (Å²) in [6, 6.07) is 0. The highest BCUT2D eigenvalue weighted by atomic mass is 16.1. The van der Waals surface area contributed by atoms with E-state index >= 15 is 0 Å². The topological polar surface area (TPSA) is 43.1 Å². The molecule has 1 atom stereocenters. The molecule has 1 aliphatic rings. The Labute approximate surface area is 80.9 Å². The molecule has 0 aliphatic heterocycles. The maximum Gasteiger partial charge on any atom is 0.223 e. The molecule has 0 aromatic carbocycles. The van der Waals surface area contributed by atoms with Gasteiger partial charge in [0.15, 0.2) is 0 Å². The van der Waals surface area contributed by atoms with E-state index < -0.39 is 0 Å². The van der Waals surface area contributed by atoms with Crippen LogP contribution in [-0.2, 0) is 4.79 Å². The molecule has 0 aromatic rings. The predicted octanol–water partition coefficient (Wildman–Crippen LogP) is 2.32. The minimum absolute atomic E-state index is 0.0701. The van der Waals surface area contributed by atoms with E-state index in [0.29, 0.717) is 11.8 Å². The minimum Gasteiger partial charge on any atom is -0.369 e. The van der Waals surface area contributed by atoms with E-state index in [1.165, 1.54) is 6.42 Å². The fourth-order valence-corrected chi connectivity index (χ4v) is 2.86. The summed E-state index contributed by atoms with van der Waals surface area (Å²) in [5.74, 6) is 0.982. The SMILES string of the molecule is CCC(C(C)C)C1(C(N)=O)CCC1. The normalized spacial score (nSPS) is 22.5. The second-order valence-corrected chi connectivity index (χ2v) is 4.63. The molecule has 2 nitrogen and oxygen atoms in total. The van der Waals surface area contributed by atoms with Crippen LogP contribution in [0.3, 0.4) is 0 Å². The molecular formula is C11H21NO. The molecule has 1 saturated carbocycles. The summed E-state index contributed by atoms with van der Waals surface area (Å²) in [4.78, 5) is 11.4. The molecule has 1 amide bonds. The summed E-state index contributed by atoms with van der Waals surface area (Å²) in [5, 5.41) is 0. The number of amides is 1. The lowest BCUT2D eigenvalue weighted by Gasteiger charge is -2.46. The molecule has 0 aromatic heterocycles. The van der Waals surface area contributed by atoms with Crippen molar-refractivity contribution in [1.82, 2.24) is 0 Å². The van der Waals surface area contributed by atoms with E-state index in [-0.39, 0.29) is 11.3 Å². The van der Waals surface area contributed by atoms with Crippen molar-refractivity contribution in [3.05, 3.63) is 0 Å². The Morgan fingerprint density at radius 1 is 1.46 bits per heavy atom.